The number of hydrogen-bond acceptors (Lipinski definition) is 3. The molecule has 1 atom stereocenters. The summed E-state index contributed by atoms with van der Waals surface area (Å²) in [6.45, 7) is 0. The summed E-state index contributed by atoms with van der Waals surface area (Å²) in [6, 6.07) is 11.1. The largest absolute Gasteiger partial charge is 0.367 e. The Morgan fingerprint density at radius 1 is 1.23 bits per heavy atom. The van der Waals surface area contributed by atoms with Crippen molar-refractivity contribution in [1.29, 1.82) is 5.26 Å². The van der Waals surface area contributed by atoms with E-state index in [9.17, 15) is 0 Å². The van der Waals surface area contributed by atoms with Gasteiger partial charge in [0.2, 0.25) is 0 Å². The topological polar surface area (TPSA) is 64.2 Å². The zero-order valence-electron chi connectivity index (χ0n) is 7.09. The fraction of sp³-hybridized carbons (Fsp3) is 0.300. The van der Waals surface area contributed by atoms with Crippen molar-refractivity contribution < 1.29 is 10.2 Å². The molecule has 0 aliphatic carbocycles. The van der Waals surface area contributed by atoms with E-state index in [1.807, 2.05) is 36.4 Å². The fourth-order valence-electron chi connectivity index (χ4n) is 1.09. The highest BCUT2D eigenvalue weighted by Crippen LogP contribution is 2.10. The van der Waals surface area contributed by atoms with Gasteiger partial charge in [-0.1, -0.05) is 30.3 Å². The summed E-state index contributed by atoms with van der Waals surface area (Å²) < 4.78 is 0. The van der Waals surface area contributed by atoms with Crippen molar-refractivity contribution in [2.45, 2.75) is 12.7 Å². The van der Waals surface area contributed by atoms with E-state index in [4.69, 9.17) is 15.5 Å². The maximum atomic E-state index is 8.81. The maximum Gasteiger partial charge on any atom is 0.167 e. The van der Waals surface area contributed by atoms with Gasteiger partial charge in [-0.25, -0.2) is 0 Å². The van der Waals surface area contributed by atoms with Gasteiger partial charge >= 0.3 is 0 Å². The number of nitriles is 1. The van der Waals surface area contributed by atoms with Crippen LogP contribution in [-0.2, 0) is 6.42 Å². The van der Waals surface area contributed by atoms with Gasteiger partial charge in [-0.2, -0.15) is 5.26 Å². The van der Waals surface area contributed by atoms with Crippen molar-refractivity contribution in [2.24, 2.45) is 5.92 Å². The van der Waals surface area contributed by atoms with Crippen LogP contribution in [0, 0.1) is 17.2 Å². The summed E-state index contributed by atoms with van der Waals surface area (Å²) in [4.78, 5) is 0. The molecule has 2 N–H and O–H groups in total. The summed E-state index contributed by atoms with van der Waals surface area (Å²) in [6.07, 6.45) is -1.19. The molecular formula is C10H11NO2. The van der Waals surface area contributed by atoms with Crippen molar-refractivity contribution in [3.63, 3.8) is 0 Å². The second kappa shape index (κ2) is 4.61. The van der Waals surface area contributed by atoms with Crippen LogP contribution in [0.1, 0.15) is 5.56 Å². The molecule has 0 saturated carbocycles. The van der Waals surface area contributed by atoms with Crippen LogP contribution in [-0.4, -0.2) is 16.5 Å². The number of hydrogen-bond donors (Lipinski definition) is 2. The van der Waals surface area contributed by atoms with Crippen LogP contribution in [0.25, 0.3) is 0 Å². The number of nitrogens with zero attached hydrogens (tertiary/aromatic N) is 1. The molecule has 68 valence electrons. The third-order valence-corrected chi connectivity index (χ3v) is 1.82. The van der Waals surface area contributed by atoms with Crippen molar-refractivity contribution in [3.05, 3.63) is 35.9 Å². The van der Waals surface area contributed by atoms with E-state index in [0.717, 1.165) is 5.56 Å². The third kappa shape index (κ3) is 2.86. The van der Waals surface area contributed by atoms with E-state index in [1.54, 1.807) is 0 Å². The molecule has 1 rings (SSSR count). The molecule has 0 bridgehead atoms. The van der Waals surface area contributed by atoms with Crippen molar-refractivity contribution in [2.75, 3.05) is 0 Å². The second-order valence-corrected chi connectivity index (χ2v) is 2.84. The lowest BCUT2D eigenvalue weighted by atomic mass is 10.0. The predicted octanol–water partition coefficient (Wildman–Crippen LogP) is 0.680. The van der Waals surface area contributed by atoms with Crippen LogP contribution in [0.15, 0.2) is 30.3 Å². The Balaban J connectivity index is 2.64. The van der Waals surface area contributed by atoms with Crippen LogP contribution in [0.2, 0.25) is 0 Å². The van der Waals surface area contributed by atoms with Crippen LogP contribution < -0.4 is 0 Å². The van der Waals surface area contributed by atoms with E-state index in [1.165, 1.54) is 0 Å². The minimum atomic E-state index is -1.56. The average molecular weight is 177 g/mol. The molecule has 1 aromatic carbocycles. The highest BCUT2D eigenvalue weighted by molar-refractivity contribution is 5.16. The van der Waals surface area contributed by atoms with E-state index >= 15 is 0 Å². The normalized spacial score (nSPS) is 12.5. The first kappa shape index (κ1) is 9.72. The van der Waals surface area contributed by atoms with Crippen LogP contribution in [0.5, 0.6) is 0 Å². The van der Waals surface area contributed by atoms with Crippen LogP contribution >= 0.6 is 0 Å². The maximum absolute atomic E-state index is 8.81. The van der Waals surface area contributed by atoms with Gasteiger partial charge in [0, 0.05) is 0 Å². The molecule has 1 aromatic rings. The number of benzene rings is 1. The number of rotatable bonds is 3. The molecule has 13 heavy (non-hydrogen) atoms. The van der Waals surface area contributed by atoms with Crippen LogP contribution in [0.4, 0.5) is 0 Å². The minimum Gasteiger partial charge on any atom is -0.367 e. The third-order valence-electron chi connectivity index (χ3n) is 1.82. The van der Waals surface area contributed by atoms with Gasteiger partial charge in [0.1, 0.15) is 5.92 Å². The molecular weight excluding hydrogens is 166 g/mol. The molecule has 0 aliphatic heterocycles. The SMILES string of the molecule is N#CC(Cc1ccccc1)C(O)O. The van der Waals surface area contributed by atoms with Gasteiger partial charge in [-0.05, 0) is 12.0 Å². The summed E-state index contributed by atoms with van der Waals surface area (Å²) >= 11 is 0. The molecule has 1 unspecified atom stereocenters. The Morgan fingerprint density at radius 3 is 2.31 bits per heavy atom. The van der Waals surface area contributed by atoms with Gasteiger partial charge in [-0.3, -0.25) is 0 Å². The summed E-state index contributed by atoms with van der Waals surface area (Å²) in [5, 5.41) is 26.2. The Hall–Kier alpha value is -1.37. The summed E-state index contributed by atoms with van der Waals surface area (Å²) in [5.74, 6) is -0.748. The molecule has 0 amide bonds. The lowest BCUT2D eigenvalue weighted by Crippen LogP contribution is -2.20. The standard InChI is InChI=1S/C10H11NO2/c11-7-9(10(12)13)6-8-4-2-1-3-5-8/h1-5,9-10,12-13H,6H2. The van der Waals surface area contributed by atoms with Crippen molar-refractivity contribution in [1.82, 2.24) is 0 Å². The molecule has 3 nitrogen and oxygen atoms in total. The van der Waals surface area contributed by atoms with Crippen molar-refractivity contribution >= 4 is 0 Å². The molecule has 0 heterocycles. The minimum absolute atomic E-state index is 0.370. The summed E-state index contributed by atoms with van der Waals surface area (Å²) in [5.41, 5.74) is 0.933. The Kier molecular flexibility index (Phi) is 3.44. The highest BCUT2D eigenvalue weighted by Gasteiger charge is 2.15. The lowest BCUT2D eigenvalue weighted by Gasteiger charge is -2.10. The Morgan fingerprint density at radius 2 is 1.85 bits per heavy atom. The van der Waals surface area contributed by atoms with Gasteiger partial charge in [0.05, 0.1) is 6.07 Å². The quantitative estimate of drug-likeness (QED) is 0.667. The fourth-order valence-corrected chi connectivity index (χ4v) is 1.09. The molecule has 0 spiro atoms. The monoisotopic (exact) mass is 177 g/mol. The van der Waals surface area contributed by atoms with Crippen LogP contribution in [0.3, 0.4) is 0 Å². The molecule has 0 aliphatic rings. The lowest BCUT2D eigenvalue weighted by molar-refractivity contribution is -0.0675. The molecule has 0 aromatic heterocycles. The summed E-state index contributed by atoms with van der Waals surface area (Å²) in [7, 11) is 0. The first-order valence-electron chi connectivity index (χ1n) is 4.03. The van der Waals surface area contributed by atoms with Gasteiger partial charge < -0.3 is 10.2 Å². The predicted molar refractivity (Wildman–Crippen MR) is 47.5 cm³/mol. The van der Waals surface area contributed by atoms with E-state index in [2.05, 4.69) is 0 Å². The molecule has 0 radical (unpaired) electrons. The van der Waals surface area contributed by atoms with Gasteiger partial charge in [-0.15, -0.1) is 0 Å². The molecule has 3 heteroatoms. The first-order valence-corrected chi connectivity index (χ1v) is 4.03. The van der Waals surface area contributed by atoms with E-state index in [-0.39, 0.29) is 0 Å². The van der Waals surface area contributed by atoms with Gasteiger partial charge in [0.25, 0.3) is 0 Å². The Labute approximate surface area is 76.9 Å². The van der Waals surface area contributed by atoms with E-state index in [0.29, 0.717) is 6.42 Å². The van der Waals surface area contributed by atoms with Gasteiger partial charge in [0.15, 0.2) is 6.29 Å². The number of aliphatic hydroxyl groups is 2. The van der Waals surface area contributed by atoms with E-state index < -0.39 is 12.2 Å². The molecule has 0 fully saturated rings. The Bertz CT molecular complexity index is 290. The highest BCUT2D eigenvalue weighted by atomic mass is 16.5. The van der Waals surface area contributed by atoms with Crippen molar-refractivity contribution in [3.8, 4) is 6.07 Å². The molecule has 0 saturated heterocycles. The average Bonchev–Trinajstić information content (AvgIpc) is 2.15. The zero-order valence-corrected chi connectivity index (χ0v) is 7.09. The second-order valence-electron chi connectivity index (χ2n) is 2.84. The zero-order chi connectivity index (χ0) is 9.68. The number of aliphatic hydroxyl groups excluding tert-OH is 1. The smallest absolute Gasteiger partial charge is 0.167 e. The first-order chi connectivity index (χ1) is 6.24.